The second-order valence-corrected chi connectivity index (χ2v) is 8.01. The third kappa shape index (κ3) is 4.60. The van der Waals surface area contributed by atoms with Gasteiger partial charge in [0.05, 0.1) is 11.0 Å². The molecule has 0 aliphatic rings. The first kappa shape index (κ1) is 17.2. The normalized spacial score (nSPS) is 15.2. The summed E-state index contributed by atoms with van der Waals surface area (Å²) in [7, 11) is -1.26. The highest BCUT2D eigenvalue weighted by Crippen LogP contribution is 2.26. The maximum absolute atomic E-state index is 12.6. The molecular formula is C16H27NO2S. The molecule has 3 nitrogen and oxygen atoms in total. The summed E-state index contributed by atoms with van der Waals surface area (Å²) in [5.74, 6) is 0.681. The largest absolute Gasteiger partial charge is 0.312 e. The van der Waals surface area contributed by atoms with Crippen molar-refractivity contribution in [2.24, 2.45) is 5.92 Å². The van der Waals surface area contributed by atoms with E-state index in [1.165, 1.54) is 0 Å². The van der Waals surface area contributed by atoms with Gasteiger partial charge >= 0.3 is 0 Å². The molecule has 2 atom stereocenters. The molecule has 0 radical (unpaired) electrons. The Balaban J connectivity index is 2.98. The Morgan fingerprint density at radius 1 is 1.15 bits per heavy atom. The second-order valence-electron chi connectivity index (χ2n) is 5.67. The predicted octanol–water partition coefficient (Wildman–Crippen LogP) is 3.19. The van der Waals surface area contributed by atoms with E-state index in [0.29, 0.717) is 12.3 Å². The summed E-state index contributed by atoms with van der Waals surface area (Å²) in [4.78, 5) is 0. The van der Waals surface area contributed by atoms with E-state index in [0.717, 1.165) is 12.0 Å². The molecule has 20 heavy (non-hydrogen) atoms. The summed E-state index contributed by atoms with van der Waals surface area (Å²) in [6, 6.07) is 9.69. The fourth-order valence-corrected chi connectivity index (χ4v) is 4.79. The molecule has 0 bridgehead atoms. The first-order valence-corrected chi connectivity index (χ1v) is 9.07. The lowest BCUT2D eigenvalue weighted by atomic mass is 10.0. The van der Waals surface area contributed by atoms with Gasteiger partial charge in [0.25, 0.3) is 0 Å². The Kier molecular flexibility index (Phi) is 6.69. The van der Waals surface area contributed by atoms with Crippen LogP contribution in [0, 0.1) is 5.92 Å². The van der Waals surface area contributed by atoms with Crippen molar-refractivity contribution in [2.45, 2.75) is 44.9 Å². The molecule has 1 rings (SSSR count). The van der Waals surface area contributed by atoms with Gasteiger partial charge < -0.3 is 5.32 Å². The molecule has 1 aromatic carbocycles. The number of benzene rings is 1. The first-order chi connectivity index (χ1) is 9.42. The minimum atomic E-state index is -3.09. The van der Waals surface area contributed by atoms with E-state index in [1.807, 2.05) is 44.3 Å². The van der Waals surface area contributed by atoms with Gasteiger partial charge in [0, 0.05) is 6.04 Å². The molecule has 4 heteroatoms. The highest BCUT2D eigenvalue weighted by atomic mass is 32.2. The zero-order valence-corrected chi connectivity index (χ0v) is 13.8. The fourth-order valence-electron chi connectivity index (χ4n) is 2.48. The first-order valence-electron chi connectivity index (χ1n) is 7.36. The zero-order valence-electron chi connectivity index (χ0n) is 13.0. The van der Waals surface area contributed by atoms with Gasteiger partial charge in [-0.15, -0.1) is 0 Å². The van der Waals surface area contributed by atoms with Crippen LogP contribution in [-0.2, 0) is 9.84 Å². The van der Waals surface area contributed by atoms with Crippen LogP contribution in [0.3, 0.4) is 0 Å². The number of sulfone groups is 1. The number of hydrogen-bond acceptors (Lipinski definition) is 3. The van der Waals surface area contributed by atoms with Crippen LogP contribution in [0.1, 0.15) is 45.2 Å². The van der Waals surface area contributed by atoms with Gasteiger partial charge in [0.15, 0.2) is 9.84 Å². The zero-order chi connectivity index (χ0) is 15.2. The lowest BCUT2D eigenvalue weighted by molar-refractivity contribution is 0.501. The third-order valence-electron chi connectivity index (χ3n) is 3.68. The summed E-state index contributed by atoms with van der Waals surface area (Å²) in [5.41, 5.74) is 1.04. The second kappa shape index (κ2) is 7.79. The Morgan fingerprint density at radius 3 is 2.20 bits per heavy atom. The van der Waals surface area contributed by atoms with Crippen LogP contribution in [0.4, 0.5) is 0 Å². The van der Waals surface area contributed by atoms with Gasteiger partial charge in [-0.2, -0.15) is 0 Å². The molecule has 1 aromatic rings. The molecule has 0 amide bonds. The highest BCUT2D eigenvalue weighted by Gasteiger charge is 2.31. The van der Waals surface area contributed by atoms with Crippen LogP contribution < -0.4 is 5.32 Å². The van der Waals surface area contributed by atoms with E-state index in [2.05, 4.69) is 19.2 Å². The van der Waals surface area contributed by atoms with E-state index >= 15 is 0 Å². The van der Waals surface area contributed by atoms with E-state index in [4.69, 9.17) is 0 Å². The Labute approximate surface area is 123 Å². The van der Waals surface area contributed by atoms with Gasteiger partial charge in [-0.3, -0.25) is 0 Å². The maximum atomic E-state index is 12.6. The summed E-state index contributed by atoms with van der Waals surface area (Å²) < 4.78 is 25.2. The molecule has 0 spiro atoms. The van der Waals surface area contributed by atoms with Crippen molar-refractivity contribution in [2.75, 3.05) is 12.8 Å². The van der Waals surface area contributed by atoms with Gasteiger partial charge in [-0.05, 0) is 31.4 Å². The Morgan fingerprint density at radius 2 is 1.75 bits per heavy atom. The molecule has 0 heterocycles. The van der Waals surface area contributed by atoms with E-state index in [1.54, 1.807) is 0 Å². The molecule has 114 valence electrons. The van der Waals surface area contributed by atoms with Crippen molar-refractivity contribution in [3.05, 3.63) is 35.9 Å². The molecule has 0 fully saturated rings. The minimum absolute atomic E-state index is 0.140. The third-order valence-corrected chi connectivity index (χ3v) is 6.02. The number of nitrogens with one attached hydrogen (secondary N) is 1. The summed E-state index contributed by atoms with van der Waals surface area (Å²) in [6.07, 6.45) is 1.35. The van der Waals surface area contributed by atoms with Crippen LogP contribution in [0.25, 0.3) is 0 Å². The van der Waals surface area contributed by atoms with Crippen molar-refractivity contribution in [1.82, 2.24) is 5.32 Å². The molecule has 0 aliphatic carbocycles. The molecular weight excluding hydrogens is 270 g/mol. The molecule has 0 aromatic heterocycles. The highest BCUT2D eigenvalue weighted by molar-refractivity contribution is 7.92. The molecule has 0 saturated heterocycles. The van der Waals surface area contributed by atoms with Gasteiger partial charge in [0.2, 0.25) is 0 Å². The average Bonchev–Trinajstić information content (AvgIpc) is 2.43. The van der Waals surface area contributed by atoms with E-state index < -0.39 is 9.84 Å². The summed E-state index contributed by atoms with van der Waals surface area (Å²) in [6.45, 7) is 6.07. The smallest absolute Gasteiger partial charge is 0.155 e. The molecule has 1 N–H and O–H groups in total. The summed E-state index contributed by atoms with van der Waals surface area (Å²) in [5, 5.41) is 2.82. The standard InChI is InChI=1S/C16H27NO2S/c1-5-15(20(18,19)12-11-13(2)3)16(17-4)14-9-7-6-8-10-14/h6-10,13,15-17H,5,11-12H2,1-4H3. The summed E-state index contributed by atoms with van der Waals surface area (Å²) >= 11 is 0. The lowest BCUT2D eigenvalue weighted by Crippen LogP contribution is -2.36. The van der Waals surface area contributed by atoms with Crippen LogP contribution in [0.2, 0.25) is 0 Å². The van der Waals surface area contributed by atoms with Crippen molar-refractivity contribution < 1.29 is 8.42 Å². The van der Waals surface area contributed by atoms with E-state index in [-0.39, 0.29) is 17.0 Å². The van der Waals surface area contributed by atoms with Gasteiger partial charge in [0.1, 0.15) is 0 Å². The lowest BCUT2D eigenvalue weighted by Gasteiger charge is -2.26. The fraction of sp³-hybridized carbons (Fsp3) is 0.625. The quantitative estimate of drug-likeness (QED) is 0.801. The SMILES string of the molecule is CCC(C(NC)c1ccccc1)S(=O)(=O)CCC(C)C. The van der Waals surface area contributed by atoms with Crippen LogP contribution in [0.5, 0.6) is 0 Å². The van der Waals surface area contributed by atoms with Crippen LogP contribution >= 0.6 is 0 Å². The molecule has 0 saturated carbocycles. The number of rotatable bonds is 8. The van der Waals surface area contributed by atoms with Crippen molar-refractivity contribution in [3.8, 4) is 0 Å². The average molecular weight is 297 g/mol. The minimum Gasteiger partial charge on any atom is -0.312 e. The molecule has 0 aliphatic heterocycles. The van der Waals surface area contributed by atoms with Gasteiger partial charge in [-0.1, -0.05) is 51.1 Å². The van der Waals surface area contributed by atoms with Crippen LogP contribution in [-0.4, -0.2) is 26.5 Å². The monoisotopic (exact) mass is 297 g/mol. The predicted molar refractivity (Wildman–Crippen MR) is 85.6 cm³/mol. The van der Waals surface area contributed by atoms with E-state index in [9.17, 15) is 8.42 Å². The van der Waals surface area contributed by atoms with Crippen molar-refractivity contribution >= 4 is 9.84 Å². The number of hydrogen-bond donors (Lipinski definition) is 1. The maximum Gasteiger partial charge on any atom is 0.155 e. The Bertz CT molecular complexity index is 482. The van der Waals surface area contributed by atoms with Crippen LogP contribution in [0.15, 0.2) is 30.3 Å². The van der Waals surface area contributed by atoms with Crippen molar-refractivity contribution in [3.63, 3.8) is 0 Å². The van der Waals surface area contributed by atoms with Crippen molar-refractivity contribution in [1.29, 1.82) is 0 Å². The topological polar surface area (TPSA) is 46.2 Å². The Hall–Kier alpha value is -0.870. The van der Waals surface area contributed by atoms with Gasteiger partial charge in [-0.25, -0.2) is 8.42 Å². The molecule has 2 unspecified atom stereocenters.